The average Bonchev–Trinajstić information content (AvgIpc) is 3.50. The number of aliphatic hydroxyl groups excluding tert-OH is 1. The molecule has 12 nitrogen and oxygen atoms in total. The van der Waals surface area contributed by atoms with E-state index in [0.29, 0.717) is 30.3 Å². The van der Waals surface area contributed by atoms with Crippen molar-refractivity contribution in [2.45, 2.75) is 181 Å². The van der Waals surface area contributed by atoms with Gasteiger partial charge in [-0.15, -0.1) is 0 Å². The Kier molecular flexibility index (Phi) is 35.9. The van der Waals surface area contributed by atoms with Crippen molar-refractivity contribution in [3.8, 4) is 0 Å². The third-order valence-electron chi connectivity index (χ3n) is 13.2. The number of carboxylic acids is 3. The van der Waals surface area contributed by atoms with Gasteiger partial charge in [0.2, 0.25) is 0 Å². The molecular weight excluding hydrogens is 965 g/mol. The summed E-state index contributed by atoms with van der Waals surface area (Å²) in [6.07, 6.45) is 29.2. The van der Waals surface area contributed by atoms with Crippen molar-refractivity contribution >= 4 is 23.9 Å². The van der Waals surface area contributed by atoms with Crippen molar-refractivity contribution in [1.29, 1.82) is 0 Å². The molecule has 58 heavy (non-hydrogen) atoms. The van der Waals surface area contributed by atoms with Gasteiger partial charge < -0.3 is 49.3 Å². The second kappa shape index (κ2) is 35.4. The molecule has 7 atom stereocenters. The van der Waals surface area contributed by atoms with Crippen LogP contribution in [0.25, 0.3) is 0 Å². The molecule has 0 heterocycles. The summed E-state index contributed by atoms with van der Waals surface area (Å²) in [6, 6.07) is 0. The largest absolute Gasteiger partial charge is 0.481 e. The number of esters is 1. The van der Waals surface area contributed by atoms with Crippen LogP contribution in [0, 0.1) is 78.5 Å². The number of carbonyl (C=O) groups is 4. The summed E-state index contributed by atoms with van der Waals surface area (Å²) in [6.45, 7) is 12.9. The van der Waals surface area contributed by atoms with E-state index >= 15 is 0 Å². The molecule has 0 aromatic heterocycles. The number of carboxylic acid groups (broad SMARTS) is 3. The van der Waals surface area contributed by atoms with E-state index in [1.165, 1.54) is 64.2 Å². The Labute approximate surface area is 376 Å². The van der Waals surface area contributed by atoms with E-state index in [-0.39, 0.29) is 82.6 Å². The second-order valence-electron chi connectivity index (χ2n) is 17.2. The van der Waals surface area contributed by atoms with Crippen LogP contribution in [-0.4, -0.2) is 77.2 Å². The summed E-state index contributed by atoms with van der Waals surface area (Å²) >= 11 is 0. The van der Waals surface area contributed by atoms with Crippen molar-refractivity contribution in [1.82, 2.24) is 0 Å². The fraction of sp³-hybridized carbons (Fsp3) is 0.889. The number of nitrogens with two attached hydrogens (primary N) is 3. The summed E-state index contributed by atoms with van der Waals surface area (Å²) in [4.78, 5) is 39.7. The van der Waals surface area contributed by atoms with Gasteiger partial charge in [-0.3, -0.25) is 19.2 Å². The second-order valence-corrected chi connectivity index (χ2v) is 17.2. The Morgan fingerprint density at radius 2 is 1.21 bits per heavy atom. The summed E-state index contributed by atoms with van der Waals surface area (Å²) in [7, 11) is 0. The molecule has 0 aliphatic heterocycles. The zero-order valence-electron chi connectivity index (χ0n) is 36.9. The summed E-state index contributed by atoms with van der Waals surface area (Å²) < 4.78 is 4.93. The zero-order chi connectivity index (χ0) is 43.1. The third kappa shape index (κ3) is 23.7. The molecule has 340 valence electrons. The predicted molar refractivity (Wildman–Crippen MR) is 228 cm³/mol. The van der Waals surface area contributed by atoms with Crippen molar-refractivity contribution < 1.29 is 75.5 Å². The molecule has 0 aromatic rings. The van der Waals surface area contributed by atoms with E-state index in [0.717, 1.165) is 48.9 Å². The topological polar surface area (TPSA) is 236 Å². The fourth-order valence-electron chi connectivity index (χ4n) is 10.2. The molecule has 6 unspecified atom stereocenters. The van der Waals surface area contributed by atoms with E-state index < -0.39 is 17.9 Å². The number of ether oxygens (including phenoxy) is 1. The molecule has 4 rings (SSSR count). The standard InChI is InChI=1S/C23H39.C13H26O3.3C3H7NO2.U/c1-4-5-8-17-11-13-20-19-12-10-18-9-6-7-15-22(18,2)21(19)14-16-23(17,20)3;1-2-3-4-5-6-7-8-10-13(15)16-12-9-11-14;3*4-2-1-3(5)6;/h17-21H,1,4-16H2,2-3H3;14H,2-12H2,1H3;3*1-2,4H2,(H,5,6);/q-1;;;;;/t17?,18?,19?,20?,21?,22-,23?;;;;;/m0...../s1. The van der Waals surface area contributed by atoms with Crippen LogP contribution in [0.3, 0.4) is 0 Å². The molecule has 4 aliphatic rings. The van der Waals surface area contributed by atoms with Gasteiger partial charge in [-0.2, -0.15) is 6.42 Å². The molecular formula is C45H86N3O9U-. The Bertz CT molecular complexity index is 1050. The maximum absolute atomic E-state index is 11.1. The molecule has 4 fully saturated rings. The maximum Gasteiger partial charge on any atom is 0.305 e. The minimum atomic E-state index is -0.836. The van der Waals surface area contributed by atoms with Gasteiger partial charge in [-0.05, 0) is 98.2 Å². The number of hydrogen-bond donors (Lipinski definition) is 7. The first-order chi connectivity index (χ1) is 27.2. The summed E-state index contributed by atoms with van der Waals surface area (Å²) in [5.41, 5.74) is 16.0. The first-order valence-corrected chi connectivity index (χ1v) is 22.5. The van der Waals surface area contributed by atoms with Gasteiger partial charge in [0.25, 0.3) is 0 Å². The minimum absolute atomic E-state index is 0. The molecule has 13 heteroatoms. The van der Waals surface area contributed by atoms with Crippen LogP contribution >= 0.6 is 0 Å². The number of hydrogen-bond acceptors (Lipinski definition) is 9. The fourth-order valence-corrected chi connectivity index (χ4v) is 10.2. The maximum atomic E-state index is 11.1. The van der Waals surface area contributed by atoms with Crippen molar-refractivity contribution in [3.63, 3.8) is 0 Å². The minimum Gasteiger partial charge on any atom is -0.481 e. The van der Waals surface area contributed by atoms with Crippen LogP contribution in [0.1, 0.15) is 181 Å². The summed E-state index contributed by atoms with van der Waals surface area (Å²) in [5, 5.41) is 32.0. The van der Waals surface area contributed by atoms with Crippen LogP contribution in [0.2, 0.25) is 0 Å². The number of aliphatic carboxylic acids is 3. The number of rotatable bonds is 20. The Hall–Kier alpha value is -1.23. The quantitative estimate of drug-likeness (QED) is 0.0346. The van der Waals surface area contributed by atoms with Crippen LogP contribution < -0.4 is 17.2 Å². The smallest absolute Gasteiger partial charge is 0.305 e. The number of aliphatic hydroxyl groups is 1. The van der Waals surface area contributed by atoms with Gasteiger partial charge in [0.1, 0.15) is 0 Å². The average molecular weight is 1050 g/mol. The molecule has 0 bridgehead atoms. The first kappa shape index (κ1) is 58.9. The monoisotopic (exact) mass is 1050 g/mol. The van der Waals surface area contributed by atoms with Gasteiger partial charge in [-0.25, -0.2) is 0 Å². The van der Waals surface area contributed by atoms with Crippen LogP contribution in [0.15, 0.2) is 0 Å². The molecule has 0 radical (unpaired) electrons. The van der Waals surface area contributed by atoms with Gasteiger partial charge in [0.15, 0.2) is 0 Å². The van der Waals surface area contributed by atoms with Crippen LogP contribution in [0.5, 0.6) is 0 Å². The third-order valence-corrected chi connectivity index (χ3v) is 13.2. The Balaban J connectivity index is 0. The van der Waals surface area contributed by atoms with E-state index in [4.69, 9.17) is 42.4 Å². The SMILES string of the molecule is CCCCCCCCCC(=O)OCCCO.NCCC(=O)O.NCCC(=O)O.NCCC(=O)O.[CH2-]CCCC1CCC2C3CCC4CCCC[C@]4(C)C3CCC12C.[U]. The number of unbranched alkanes of at least 4 members (excludes halogenated alkanes) is 7. The molecule has 0 spiro atoms. The van der Waals surface area contributed by atoms with Crippen molar-refractivity contribution in [2.75, 3.05) is 32.8 Å². The Morgan fingerprint density at radius 3 is 1.71 bits per heavy atom. The van der Waals surface area contributed by atoms with Crippen molar-refractivity contribution in [3.05, 3.63) is 6.92 Å². The summed E-state index contributed by atoms with van der Waals surface area (Å²) in [5.74, 6) is 2.69. The van der Waals surface area contributed by atoms with Crippen molar-refractivity contribution in [2.24, 2.45) is 57.6 Å². The molecule has 4 aliphatic carbocycles. The molecule has 0 amide bonds. The van der Waals surface area contributed by atoms with Gasteiger partial charge in [-0.1, -0.05) is 85.0 Å². The van der Waals surface area contributed by atoms with Gasteiger partial charge in [0, 0.05) is 70.2 Å². The van der Waals surface area contributed by atoms with E-state index in [1.807, 2.05) is 0 Å². The van der Waals surface area contributed by atoms with Crippen LogP contribution in [0.4, 0.5) is 0 Å². The first-order valence-electron chi connectivity index (χ1n) is 22.5. The van der Waals surface area contributed by atoms with Crippen LogP contribution in [-0.2, 0) is 23.9 Å². The Morgan fingerprint density at radius 1 is 0.655 bits per heavy atom. The van der Waals surface area contributed by atoms with E-state index in [1.54, 1.807) is 44.9 Å². The zero-order valence-corrected chi connectivity index (χ0v) is 41.0. The van der Waals surface area contributed by atoms with Gasteiger partial charge >= 0.3 is 23.9 Å². The van der Waals surface area contributed by atoms with E-state index in [9.17, 15) is 19.2 Å². The molecule has 0 aromatic carbocycles. The number of fused-ring (bicyclic) bond motifs is 5. The molecule has 0 saturated heterocycles. The van der Waals surface area contributed by atoms with Gasteiger partial charge in [0.05, 0.1) is 25.9 Å². The molecule has 10 N–H and O–H groups in total. The molecule has 4 saturated carbocycles. The number of carbonyl (C=O) groups excluding carboxylic acids is 1. The normalized spacial score (nSPS) is 26.2. The predicted octanol–water partition coefficient (Wildman–Crippen LogP) is 8.35. The van der Waals surface area contributed by atoms with E-state index in [2.05, 4.69) is 27.7 Å².